The molecule has 1 aromatic carbocycles. The third kappa shape index (κ3) is 1.70. The van der Waals surface area contributed by atoms with Gasteiger partial charge in [-0.3, -0.25) is 9.69 Å². The van der Waals surface area contributed by atoms with Crippen LogP contribution in [-0.2, 0) is 0 Å². The molecular formula is C11H12N2O2. The first-order valence-electron chi connectivity index (χ1n) is 4.82. The minimum Gasteiger partial charge on any atom is -0.326 e. The Morgan fingerprint density at radius 3 is 2.40 bits per heavy atom. The lowest BCUT2D eigenvalue weighted by Crippen LogP contribution is -2.34. The molecule has 0 radical (unpaired) electrons. The smallest absolute Gasteiger partial charge is 0.326 e. The fourth-order valence-corrected chi connectivity index (χ4v) is 1.57. The second-order valence-electron chi connectivity index (χ2n) is 3.53. The number of rotatable bonds is 1. The Kier molecular flexibility index (Phi) is 2.41. The predicted molar refractivity (Wildman–Crippen MR) is 55.5 cm³/mol. The van der Waals surface area contributed by atoms with Crippen molar-refractivity contribution in [1.29, 1.82) is 0 Å². The SMILES string of the molecule is CN1CCN(C(=O)c2ccccc2)C1=O. The Morgan fingerprint density at radius 2 is 1.87 bits per heavy atom. The van der Waals surface area contributed by atoms with Crippen LogP contribution in [0.25, 0.3) is 0 Å². The first-order valence-corrected chi connectivity index (χ1v) is 4.82. The monoisotopic (exact) mass is 204 g/mol. The van der Waals surface area contributed by atoms with Crippen LogP contribution in [0.3, 0.4) is 0 Å². The van der Waals surface area contributed by atoms with E-state index < -0.39 is 0 Å². The average Bonchev–Trinajstić information content (AvgIpc) is 2.60. The van der Waals surface area contributed by atoms with E-state index in [1.165, 1.54) is 4.90 Å². The number of amides is 3. The molecule has 78 valence electrons. The first kappa shape index (κ1) is 9.71. The summed E-state index contributed by atoms with van der Waals surface area (Å²) in [6.45, 7) is 1.08. The van der Waals surface area contributed by atoms with Crippen molar-refractivity contribution in [3.8, 4) is 0 Å². The molecule has 1 heterocycles. The minimum absolute atomic E-state index is 0.218. The minimum atomic E-state index is -0.219. The van der Waals surface area contributed by atoms with Crippen molar-refractivity contribution in [1.82, 2.24) is 9.80 Å². The standard InChI is InChI=1S/C11H12N2O2/c1-12-7-8-13(11(12)15)10(14)9-5-3-2-4-6-9/h2-6H,7-8H2,1H3. The van der Waals surface area contributed by atoms with Crippen LogP contribution in [0.2, 0.25) is 0 Å². The normalized spacial score (nSPS) is 15.9. The number of hydrogen-bond donors (Lipinski definition) is 0. The largest absolute Gasteiger partial charge is 0.326 e. The summed E-state index contributed by atoms with van der Waals surface area (Å²) in [5.74, 6) is -0.218. The average molecular weight is 204 g/mol. The Balaban J connectivity index is 2.20. The summed E-state index contributed by atoms with van der Waals surface area (Å²) >= 11 is 0. The number of likely N-dealkylation sites (N-methyl/N-ethyl adjacent to an activating group) is 1. The molecule has 0 spiro atoms. The van der Waals surface area contributed by atoms with Crippen molar-refractivity contribution in [3.05, 3.63) is 35.9 Å². The van der Waals surface area contributed by atoms with Gasteiger partial charge in [0.1, 0.15) is 0 Å². The van der Waals surface area contributed by atoms with Crippen molar-refractivity contribution >= 4 is 11.9 Å². The maximum absolute atomic E-state index is 11.9. The number of carbonyl (C=O) groups is 2. The van der Waals surface area contributed by atoms with E-state index in [0.717, 1.165) is 0 Å². The molecule has 1 fully saturated rings. The Morgan fingerprint density at radius 1 is 1.20 bits per heavy atom. The summed E-state index contributed by atoms with van der Waals surface area (Å²) in [5.41, 5.74) is 0.557. The molecule has 1 saturated heterocycles. The molecule has 0 atom stereocenters. The lowest BCUT2D eigenvalue weighted by Gasteiger charge is -2.13. The van der Waals surface area contributed by atoms with Crippen LogP contribution < -0.4 is 0 Å². The molecule has 4 heteroatoms. The second-order valence-corrected chi connectivity index (χ2v) is 3.53. The van der Waals surface area contributed by atoms with Crippen molar-refractivity contribution < 1.29 is 9.59 Å². The van der Waals surface area contributed by atoms with Gasteiger partial charge in [0.25, 0.3) is 5.91 Å². The van der Waals surface area contributed by atoms with Gasteiger partial charge in [-0.25, -0.2) is 4.79 Å². The second kappa shape index (κ2) is 3.73. The molecule has 0 saturated carbocycles. The van der Waals surface area contributed by atoms with Crippen molar-refractivity contribution in [2.75, 3.05) is 20.1 Å². The van der Waals surface area contributed by atoms with Gasteiger partial charge < -0.3 is 4.90 Å². The zero-order valence-electron chi connectivity index (χ0n) is 8.51. The number of urea groups is 1. The van der Waals surface area contributed by atoms with E-state index in [-0.39, 0.29) is 11.9 Å². The summed E-state index contributed by atoms with van der Waals surface area (Å²) in [6.07, 6.45) is 0. The van der Waals surface area contributed by atoms with Gasteiger partial charge >= 0.3 is 6.03 Å². The summed E-state index contributed by atoms with van der Waals surface area (Å²) in [5, 5.41) is 0. The fraction of sp³-hybridized carbons (Fsp3) is 0.273. The fourth-order valence-electron chi connectivity index (χ4n) is 1.57. The highest BCUT2D eigenvalue weighted by molar-refractivity contribution is 6.04. The first-order chi connectivity index (χ1) is 7.20. The van der Waals surface area contributed by atoms with Crippen LogP contribution in [0.4, 0.5) is 4.79 Å². The molecule has 1 aliphatic rings. The van der Waals surface area contributed by atoms with E-state index in [4.69, 9.17) is 0 Å². The molecular weight excluding hydrogens is 192 g/mol. The molecule has 0 bridgehead atoms. The summed E-state index contributed by atoms with van der Waals surface area (Å²) in [4.78, 5) is 26.2. The summed E-state index contributed by atoms with van der Waals surface area (Å²) < 4.78 is 0. The Hall–Kier alpha value is -1.84. The van der Waals surface area contributed by atoms with E-state index in [1.54, 1.807) is 36.2 Å². The quantitative estimate of drug-likeness (QED) is 0.689. The highest BCUT2D eigenvalue weighted by atomic mass is 16.2. The van der Waals surface area contributed by atoms with Crippen molar-refractivity contribution in [2.24, 2.45) is 0 Å². The third-order valence-electron chi connectivity index (χ3n) is 2.48. The zero-order valence-corrected chi connectivity index (χ0v) is 8.51. The lowest BCUT2D eigenvalue weighted by atomic mass is 10.2. The van der Waals surface area contributed by atoms with Gasteiger partial charge in [0.05, 0.1) is 0 Å². The van der Waals surface area contributed by atoms with Crippen molar-refractivity contribution in [3.63, 3.8) is 0 Å². The van der Waals surface area contributed by atoms with E-state index in [2.05, 4.69) is 0 Å². The molecule has 2 rings (SSSR count). The van der Waals surface area contributed by atoms with Gasteiger partial charge in [-0.15, -0.1) is 0 Å². The highest BCUT2D eigenvalue weighted by Gasteiger charge is 2.30. The topological polar surface area (TPSA) is 40.6 Å². The maximum Gasteiger partial charge on any atom is 0.326 e. The predicted octanol–water partition coefficient (Wildman–Crippen LogP) is 1.19. The van der Waals surface area contributed by atoms with Gasteiger partial charge in [0.2, 0.25) is 0 Å². The van der Waals surface area contributed by atoms with Gasteiger partial charge in [-0.1, -0.05) is 18.2 Å². The van der Waals surface area contributed by atoms with Crippen LogP contribution in [0.15, 0.2) is 30.3 Å². The number of carbonyl (C=O) groups excluding carboxylic acids is 2. The summed E-state index contributed by atoms with van der Waals surface area (Å²) in [6, 6.07) is 8.63. The van der Waals surface area contributed by atoms with Crippen LogP contribution in [0, 0.1) is 0 Å². The summed E-state index contributed by atoms with van der Waals surface area (Å²) in [7, 11) is 1.70. The molecule has 1 aliphatic heterocycles. The van der Waals surface area contributed by atoms with E-state index in [1.807, 2.05) is 6.07 Å². The van der Waals surface area contributed by atoms with Gasteiger partial charge in [-0.05, 0) is 12.1 Å². The molecule has 0 aromatic heterocycles. The molecule has 3 amide bonds. The third-order valence-corrected chi connectivity index (χ3v) is 2.48. The number of benzene rings is 1. The molecule has 15 heavy (non-hydrogen) atoms. The number of nitrogens with zero attached hydrogens (tertiary/aromatic N) is 2. The number of hydrogen-bond acceptors (Lipinski definition) is 2. The lowest BCUT2D eigenvalue weighted by molar-refractivity contribution is 0.0824. The molecule has 0 aliphatic carbocycles. The van der Waals surface area contributed by atoms with E-state index in [0.29, 0.717) is 18.7 Å². The van der Waals surface area contributed by atoms with E-state index in [9.17, 15) is 9.59 Å². The van der Waals surface area contributed by atoms with E-state index >= 15 is 0 Å². The van der Waals surface area contributed by atoms with Crippen LogP contribution >= 0.6 is 0 Å². The number of imide groups is 1. The van der Waals surface area contributed by atoms with Gasteiger partial charge in [-0.2, -0.15) is 0 Å². The molecule has 4 nitrogen and oxygen atoms in total. The Labute approximate surface area is 88.1 Å². The Bertz CT molecular complexity index is 389. The molecule has 0 unspecified atom stereocenters. The zero-order chi connectivity index (χ0) is 10.8. The maximum atomic E-state index is 11.9. The van der Waals surface area contributed by atoms with Crippen LogP contribution in [0.5, 0.6) is 0 Å². The molecule has 0 N–H and O–H groups in total. The van der Waals surface area contributed by atoms with Crippen LogP contribution in [-0.4, -0.2) is 41.9 Å². The van der Waals surface area contributed by atoms with Gasteiger partial charge in [0.15, 0.2) is 0 Å². The molecule has 1 aromatic rings. The van der Waals surface area contributed by atoms with Crippen LogP contribution in [0.1, 0.15) is 10.4 Å². The van der Waals surface area contributed by atoms with Crippen molar-refractivity contribution in [2.45, 2.75) is 0 Å². The van der Waals surface area contributed by atoms with Gasteiger partial charge in [0, 0.05) is 25.7 Å². The highest BCUT2D eigenvalue weighted by Crippen LogP contribution is 2.11.